The summed E-state index contributed by atoms with van der Waals surface area (Å²) in [7, 11) is 0. The van der Waals surface area contributed by atoms with Gasteiger partial charge in [-0.25, -0.2) is 0 Å². The minimum Gasteiger partial charge on any atom is -0.370 e. The van der Waals surface area contributed by atoms with Gasteiger partial charge in [0.15, 0.2) is 0 Å². The Kier molecular flexibility index (Phi) is 5.20. The molecule has 0 saturated heterocycles. The van der Waals surface area contributed by atoms with Crippen LogP contribution in [0, 0.1) is 11.3 Å². The second-order valence-electron chi connectivity index (χ2n) is 3.38. The zero-order valence-electron chi connectivity index (χ0n) is 8.91. The Bertz CT molecular complexity index is 344. The van der Waals surface area contributed by atoms with E-state index < -0.39 is 0 Å². The molecular weight excluding hydrogens is 252 g/mol. The van der Waals surface area contributed by atoms with E-state index in [9.17, 15) is 0 Å². The van der Waals surface area contributed by atoms with E-state index in [1.54, 1.807) is 0 Å². The average Bonchev–Trinajstić information content (AvgIpc) is 2.24. The molecule has 15 heavy (non-hydrogen) atoms. The first-order valence-corrected chi connectivity index (χ1v) is 5.94. The molecule has 0 aliphatic heterocycles. The normalized spacial score (nSPS) is 9.67. The summed E-state index contributed by atoms with van der Waals surface area (Å²) in [6.07, 6.45) is 1.67. The van der Waals surface area contributed by atoms with E-state index in [1.165, 1.54) is 5.69 Å². The minimum atomic E-state index is 0.576. The largest absolute Gasteiger partial charge is 0.370 e. The SMILES string of the molecule is CCCN(CCC#N)c1cccc(Br)c1. The highest BCUT2D eigenvalue weighted by Gasteiger charge is 2.04. The molecule has 0 aliphatic rings. The zero-order valence-corrected chi connectivity index (χ0v) is 10.5. The van der Waals surface area contributed by atoms with Crippen LogP contribution in [0.3, 0.4) is 0 Å². The highest BCUT2D eigenvalue weighted by molar-refractivity contribution is 9.10. The zero-order chi connectivity index (χ0) is 11.1. The van der Waals surface area contributed by atoms with Gasteiger partial charge in [0.05, 0.1) is 12.5 Å². The molecule has 0 fully saturated rings. The second kappa shape index (κ2) is 6.47. The molecule has 0 atom stereocenters. The van der Waals surface area contributed by atoms with Crippen molar-refractivity contribution in [1.29, 1.82) is 5.26 Å². The number of hydrogen-bond acceptors (Lipinski definition) is 2. The molecule has 0 aromatic heterocycles. The number of anilines is 1. The van der Waals surface area contributed by atoms with Gasteiger partial charge in [0.1, 0.15) is 0 Å². The first-order chi connectivity index (χ1) is 7.27. The van der Waals surface area contributed by atoms with Crippen LogP contribution in [0.25, 0.3) is 0 Å². The van der Waals surface area contributed by atoms with Crippen LogP contribution in [-0.2, 0) is 0 Å². The lowest BCUT2D eigenvalue weighted by molar-refractivity contribution is 0.767. The van der Waals surface area contributed by atoms with Crippen molar-refractivity contribution in [2.75, 3.05) is 18.0 Å². The van der Waals surface area contributed by atoms with E-state index in [1.807, 2.05) is 12.1 Å². The first kappa shape index (κ1) is 12.1. The minimum absolute atomic E-state index is 0.576. The van der Waals surface area contributed by atoms with Crippen LogP contribution in [0.5, 0.6) is 0 Å². The molecule has 1 aromatic rings. The Morgan fingerprint density at radius 1 is 1.40 bits per heavy atom. The van der Waals surface area contributed by atoms with Gasteiger partial charge in [0.2, 0.25) is 0 Å². The van der Waals surface area contributed by atoms with Gasteiger partial charge in [-0.15, -0.1) is 0 Å². The van der Waals surface area contributed by atoms with Gasteiger partial charge in [0.25, 0.3) is 0 Å². The number of halogens is 1. The smallest absolute Gasteiger partial charge is 0.0640 e. The van der Waals surface area contributed by atoms with Crippen molar-refractivity contribution < 1.29 is 0 Å². The summed E-state index contributed by atoms with van der Waals surface area (Å²) in [5.74, 6) is 0. The van der Waals surface area contributed by atoms with Crippen molar-refractivity contribution in [1.82, 2.24) is 0 Å². The van der Waals surface area contributed by atoms with Crippen molar-refractivity contribution in [2.45, 2.75) is 19.8 Å². The molecule has 0 heterocycles. The van der Waals surface area contributed by atoms with Crippen LogP contribution < -0.4 is 4.90 Å². The molecule has 1 aromatic carbocycles. The quantitative estimate of drug-likeness (QED) is 0.815. The van der Waals surface area contributed by atoms with Gasteiger partial charge in [0, 0.05) is 23.2 Å². The monoisotopic (exact) mass is 266 g/mol. The Labute approximate surface area is 99.6 Å². The van der Waals surface area contributed by atoms with E-state index in [4.69, 9.17) is 5.26 Å². The van der Waals surface area contributed by atoms with Crippen LogP contribution >= 0.6 is 15.9 Å². The van der Waals surface area contributed by atoms with Crippen LogP contribution in [0.2, 0.25) is 0 Å². The van der Waals surface area contributed by atoms with Gasteiger partial charge >= 0.3 is 0 Å². The molecule has 0 spiro atoms. The number of rotatable bonds is 5. The molecule has 0 saturated carbocycles. The summed E-state index contributed by atoms with van der Waals surface area (Å²) in [5.41, 5.74) is 1.18. The highest BCUT2D eigenvalue weighted by Crippen LogP contribution is 2.20. The fourth-order valence-corrected chi connectivity index (χ4v) is 1.88. The summed E-state index contributed by atoms with van der Waals surface area (Å²) in [6.45, 7) is 3.95. The maximum absolute atomic E-state index is 8.60. The van der Waals surface area contributed by atoms with Crippen molar-refractivity contribution >= 4 is 21.6 Å². The molecule has 0 radical (unpaired) electrons. The van der Waals surface area contributed by atoms with Crippen molar-refractivity contribution in [3.05, 3.63) is 28.7 Å². The molecule has 2 nitrogen and oxygen atoms in total. The molecule has 80 valence electrons. The fraction of sp³-hybridized carbons (Fsp3) is 0.417. The van der Waals surface area contributed by atoms with Crippen LogP contribution in [0.4, 0.5) is 5.69 Å². The van der Waals surface area contributed by atoms with Gasteiger partial charge in [-0.1, -0.05) is 28.9 Å². The number of hydrogen-bond donors (Lipinski definition) is 0. The third-order valence-electron chi connectivity index (χ3n) is 2.16. The molecule has 3 heteroatoms. The summed E-state index contributed by atoms with van der Waals surface area (Å²) in [5, 5.41) is 8.60. The summed E-state index contributed by atoms with van der Waals surface area (Å²) < 4.78 is 1.08. The van der Waals surface area contributed by atoms with Crippen LogP contribution in [0.1, 0.15) is 19.8 Å². The molecule has 1 rings (SSSR count). The molecule has 0 aliphatic carbocycles. The van der Waals surface area contributed by atoms with Gasteiger partial charge in [-0.3, -0.25) is 0 Å². The predicted molar refractivity (Wildman–Crippen MR) is 66.9 cm³/mol. The van der Waals surface area contributed by atoms with Crippen molar-refractivity contribution in [2.24, 2.45) is 0 Å². The second-order valence-corrected chi connectivity index (χ2v) is 4.29. The van der Waals surface area contributed by atoms with Crippen molar-refractivity contribution in [3.8, 4) is 6.07 Å². The number of nitriles is 1. The standard InChI is InChI=1S/C12H15BrN2/c1-2-8-15(9-4-7-14)12-6-3-5-11(13)10-12/h3,5-6,10H,2,4,8-9H2,1H3. The summed E-state index contributed by atoms with van der Waals surface area (Å²) in [4.78, 5) is 2.24. The number of nitrogens with zero attached hydrogens (tertiary/aromatic N) is 2. The Balaban J connectivity index is 2.74. The maximum Gasteiger partial charge on any atom is 0.0640 e. The lowest BCUT2D eigenvalue weighted by atomic mass is 10.2. The van der Waals surface area contributed by atoms with E-state index in [0.717, 1.165) is 24.0 Å². The predicted octanol–water partition coefficient (Wildman–Crippen LogP) is 3.58. The molecule has 0 amide bonds. The third-order valence-corrected chi connectivity index (χ3v) is 2.65. The third kappa shape index (κ3) is 3.93. The maximum atomic E-state index is 8.60. The Hall–Kier alpha value is -1.01. The van der Waals surface area contributed by atoms with Crippen molar-refractivity contribution in [3.63, 3.8) is 0 Å². The Morgan fingerprint density at radius 2 is 2.20 bits per heavy atom. The van der Waals surface area contributed by atoms with Crippen LogP contribution in [-0.4, -0.2) is 13.1 Å². The van der Waals surface area contributed by atoms with E-state index in [0.29, 0.717) is 6.42 Å². The molecule has 0 bridgehead atoms. The van der Waals surface area contributed by atoms with E-state index >= 15 is 0 Å². The molecular formula is C12H15BrN2. The average molecular weight is 267 g/mol. The fourth-order valence-electron chi connectivity index (χ4n) is 1.50. The van der Waals surface area contributed by atoms with E-state index in [2.05, 4.69) is 46.0 Å². The summed E-state index contributed by atoms with van der Waals surface area (Å²) in [6, 6.07) is 10.4. The van der Waals surface area contributed by atoms with Gasteiger partial charge < -0.3 is 4.90 Å². The molecule has 0 unspecified atom stereocenters. The van der Waals surface area contributed by atoms with Crippen LogP contribution in [0.15, 0.2) is 28.7 Å². The van der Waals surface area contributed by atoms with Gasteiger partial charge in [-0.05, 0) is 24.6 Å². The first-order valence-electron chi connectivity index (χ1n) is 5.15. The Morgan fingerprint density at radius 3 is 2.80 bits per heavy atom. The van der Waals surface area contributed by atoms with E-state index in [-0.39, 0.29) is 0 Å². The topological polar surface area (TPSA) is 27.0 Å². The number of benzene rings is 1. The van der Waals surface area contributed by atoms with Gasteiger partial charge in [-0.2, -0.15) is 5.26 Å². The lowest BCUT2D eigenvalue weighted by Crippen LogP contribution is -2.24. The lowest BCUT2D eigenvalue weighted by Gasteiger charge is -2.23. The molecule has 0 N–H and O–H groups in total. The summed E-state index contributed by atoms with van der Waals surface area (Å²) >= 11 is 3.46. The highest BCUT2D eigenvalue weighted by atomic mass is 79.9.